The SMILES string of the molecule is C=Cc1ccc(COCN)cc1. The fourth-order valence-electron chi connectivity index (χ4n) is 0.927. The quantitative estimate of drug-likeness (QED) is 0.686. The van der Waals surface area contributed by atoms with Crippen LogP contribution in [-0.4, -0.2) is 6.73 Å². The van der Waals surface area contributed by atoms with Crippen LogP contribution in [0.5, 0.6) is 0 Å². The Morgan fingerprint density at radius 3 is 2.50 bits per heavy atom. The van der Waals surface area contributed by atoms with Crippen molar-refractivity contribution in [2.75, 3.05) is 6.73 Å². The van der Waals surface area contributed by atoms with Crippen molar-refractivity contribution >= 4 is 6.08 Å². The molecule has 0 atom stereocenters. The van der Waals surface area contributed by atoms with Crippen molar-refractivity contribution in [1.29, 1.82) is 0 Å². The molecule has 0 aliphatic heterocycles. The van der Waals surface area contributed by atoms with E-state index < -0.39 is 0 Å². The first kappa shape index (κ1) is 8.97. The van der Waals surface area contributed by atoms with E-state index in [0.717, 1.165) is 11.1 Å². The molecule has 0 bridgehead atoms. The smallest absolute Gasteiger partial charge is 0.0944 e. The summed E-state index contributed by atoms with van der Waals surface area (Å²) >= 11 is 0. The van der Waals surface area contributed by atoms with E-state index >= 15 is 0 Å². The van der Waals surface area contributed by atoms with Crippen LogP contribution in [0.15, 0.2) is 30.8 Å². The Bertz CT molecular complexity index is 241. The average Bonchev–Trinajstić information content (AvgIpc) is 2.15. The third-order valence-corrected chi connectivity index (χ3v) is 1.60. The summed E-state index contributed by atoms with van der Waals surface area (Å²) < 4.78 is 5.04. The van der Waals surface area contributed by atoms with Crippen molar-refractivity contribution in [1.82, 2.24) is 0 Å². The Labute approximate surface area is 72.7 Å². The molecule has 2 heteroatoms. The van der Waals surface area contributed by atoms with Gasteiger partial charge in [-0.2, -0.15) is 0 Å². The van der Waals surface area contributed by atoms with Gasteiger partial charge >= 0.3 is 0 Å². The van der Waals surface area contributed by atoms with Gasteiger partial charge in [-0.25, -0.2) is 0 Å². The predicted molar refractivity (Wildman–Crippen MR) is 50.4 cm³/mol. The highest BCUT2D eigenvalue weighted by Crippen LogP contribution is 2.05. The minimum absolute atomic E-state index is 0.267. The lowest BCUT2D eigenvalue weighted by molar-refractivity contribution is 0.127. The Morgan fingerprint density at radius 2 is 2.00 bits per heavy atom. The van der Waals surface area contributed by atoms with E-state index in [9.17, 15) is 0 Å². The molecule has 0 fully saturated rings. The lowest BCUT2D eigenvalue weighted by atomic mass is 10.1. The fourth-order valence-corrected chi connectivity index (χ4v) is 0.927. The molecule has 0 unspecified atom stereocenters. The maximum absolute atomic E-state index is 5.19. The highest BCUT2D eigenvalue weighted by atomic mass is 16.5. The molecule has 0 aliphatic rings. The van der Waals surface area contributed by atoms with E-state index in [0.29, 0.717) is 6.61 Å². The second-order valence-corrected chi connectivity index (χ2v) is 2.46. The number of rotatable bonds is 4. The molecule has 12 heavy (non-hydrogen) atoms. The Morgan fingerprint density at radius 1 is 1.33 bits per heavy atom. The summed E-state index contributed by atoms with van der Waals surface area (Å²) in [5.41, 5.74) is 7.44. The van der Waals surface area contributed by atoms with Crippen molar-refractivity contribution in [2.45, 2.75) is 6.61 Å². The fraction of sp³-hybridized carbons (Fsp3) is 0.200. The molecule has 1 aromatic carbocycles. The molecule has 0 amide bonds. The molecule has 0 heterocycles. The van der Waals surface area contributed by atoms with Crippen LogP contribution in [0.4, 0.5) is 0 Å². The third-order valence-electron chi connectivity index (χ3n) is 1.60. The molecule has 1 aromatic rings. The van der Waals surface area contributed by atoms with E-state index in [1.807, 2.05) is 30.3 Å². The van der Waals surface area contributed by atoms with Crippen LogP contribution in [-0.2, 0) is 11.3 Å². The van der Waals surface area contributed by atoms with Gasteiger partial charge in [-0.15, -0.1) is 0 Å². The van der Waals surface area contributed by atoms with E-state index in [4.69, 9.17) is 10.5 Å². The number of hydrogen-bond donors (Lipinski definition) is 1. The first-order valence-corrected chi connectivity index (χ1v) is 3.86. The van der Waals surface area contributed by atoms with Gasteiger partial charge in [0.05, 0.1) is 13.3 Å². The molecule has 0 aliphatic carbocycles. The maximum Gasteiger partial charge on any atom is 0.0944 e. The lowest BCUT2D eigenvalue weighted by Crippen LogP contribution is -2.03. The van der Waals surface area contributed by atoms with Crippen molar-refractivity contribution in [2.24, 2.45) is 5.73 Å². The number of hydrogen-bond acceptors (Lipinski definition) is 2. The van der Waals surface area contributed by atoms with Crippen molar-refractivity contribution in [3.05, 3.63) is 42.0 Å². The highest BCUT2D eigenvalue weighted by Gasteiger charge is 1.90. The topological polar surface area (TPSA) is 35.2 Å². The number of ether oxygens (including phenoxy) is 1. The zero-order valence-electron chi connectivity index (χ0n) is 6.99. The molecule has 0 spiro atoms. The van der Waals surface area contributed by atoms with E-state index in [1.165, 1.54) is 0 Å². The highest BCUT2D eigenvalue weighted by molar-refractivity contribution is 5.47. The van der Waals surface area contributed by atoms with Crippen LogP contribution < -0.4 is 5.73 Å². The van der Waals surface area contributed by atoms with Gasteiger partial charge in [0, 0.05) is 0 Å². The molecular formula is C10H13NO. The first-order valence-electron chi connectivity index (χ1n) is 3.86. The van der Waals surface area contributed by atoms with Crippen molar-refractivity contribution in [3.8, 4) is 0 Å². The standard InChI is InChI=1S/C10H13NO/c1-2-9-3-5-10(6-4-9)7-12-8-11/h2-6H,1,7-8,11H2. The minimum atomic E-state index is 0.267. The van der Waals surface area contributed by atoms with Crippen LogP contribution in [0.3, 0.4) is 0 Å². The summed E-state index contributed by atoms with van der Waals surface area (Å²) in [6.45, 7) is 4.52. The molecule has 2 nitrogen and oxygen atoms in total. The number of benzene rings is 1. The summed E-state index contributed by atoms with van der Waals surface area (Å²) in [6, 6.07) is 8.02. The van der Waals surface area contributed by atoms with Gasteiger partial charge in [-0.3, -0.25) is 0 Å². The second kappa shape index (κ2) is 4.70. The summed E-state index contributed by atoms with van der Waals surface area (Å²) in [6.07, 6.45) is 1.81. The summed E-state index contributed by atoms with van der Waals surface area (Å²) in [5.74, 6) is 0. The number of nitrogens with two attached hydrogens (primary N) is 1. The van der Waals surface area contributed by atoms with Gasteiger partial charge in [0.15, 0.2) is 0 Å². The van der Waals surface area contributed by atoms with Crippen molar-refractivity contribution in [3.63, 3.8) is 0 Å². The zero-order chi connectivity index (χ0) is 8.81. The largest absolute Gasteiger partial charge is 0.362 e. The van der Waals surface area contributed by atoms with Crippen LogP contribution in [0.2, 0.25) is 0 Å². The van der Waals surface area contributed by atoms with Gasteiger partial charge < -0.3 is 10.5 Å². The Kier molecular flexibility index (Phi) is 3.51. The predicted octanol–water partition coefficient (Wildman–Crippen LogP) is 1.76. The molecule has 0 saturated heterocycles. The average molecular weight is 163 g/mol. The monoisotopic (exact) mass is 163 g/mol. The third kappa shape index (κ3) is 2.49. The van der Waals surface area contributed by atoms with Crippen LogP contribution in [0, 0.1) is 0 Å². The molecule has 0 aromatic heterocycles. The molecule has 0 saturated carbocycles. The first-order chi connectivity index (χ1) is 5.86. The molecule has 2 N–H and O–H groups in total. The van der Waals surface area contributed by atoms with Gasteiger partial charge in [0.1, 0.15) is 0 Å². The Balaban J connectivity index is 2.58. The second-order valence-electron chi connectivity index (χ2n) is 2.46. The van der Waals surface area contributed by atoms with E-state index in [1.54, 1.807) is 0 Å². The van der Waals surface area contributed by atoms with Gasteiger partial charge in [0.25, 0.3) is 0 Å². The van der Waals surface area contributed by atoms with Gasteiger partial charge in [-0.1, -0.05) is 36.9 Å². The van der Waals surface area contributed by atoms with Crippen LogP contribution in [0.1, 0.15) is 11.1 Å². The molecule has 1 rings (SSSR count). The lowest BCUT2D eigenvalue weighted by Gasteiger charge is -2.01. The molecular weight excluding hydrogens is 150 g/mol. The summed E-state index contributed by atoms with van der Waals surface area (Å²) in [4.78, 5) is 0. The van der Waals surface area contributed by atoms with Crippen molar-refractivity contribution < 1.29 is 4.74 Å². The normalized spacial score (nSPS) is 9.75. The van der Waals surface area contributed by atoms with Crippen LogP contribution >= 0.6 is 0 Å². The molecule has 0 radical (unpaired) electrons. The van der Waals surface area contributed by atoms with E-state index in [-0.39, 0.29) is 6.73 Å². The summed E-state index contributed by atoms with van der Waals surface area (Å²) in [7, 11) is 0. The zero-order valence-corrected chi connectivity index (χ0v) is 6.99. The van der Waals surface area contributed by atoms with Crippen LogP contribution in [0.25, 0.3) is 6.08 Å². The van der Waals surface area contributed by atoms with E-state index in [2.05, 4.69) is 6.58 Å². The maximum atomic E-state index is 5.19. The van der Waals surface area contributed by atoms with Gasteiger partial charge in [-0.05, 0) is 11.1 Å². The minimum Gasteiger partial charge on any atom is -0.362 e. The summed E-state index contributed by atoms with van der Waals surface area (Å²) in [5, 5.41) is 0. The van der Waals surface area contributed by atoms with Gasteiger partial charge in [0.2, 0.25) is 0 Å². The Hall–Kier alpha value is -1.12. The molecule has 64 valence electrons.